The molecule has 0 fully saturated rings. The molecule has 0 saturated heterocycles. The maximum absolute atomic E-state index is 2.46. The SMILES string of the molecule is CC.CC.CC.CC.CC.CC.CC.CC.CC.CC.CN(c1ccc2c(c1)C1(c3ccccc3C2)c2ccccc2-c2ccccc21)c1ccccc1-c1ccccc1.c1ccc2c(c1)Cc1ccccc1C21c2ccccc2-c2ccccc21. The number of para-hydroxylation sites is 1. The Morgan fingerprint density at radius 2 is 0.488 bits per heavy atom. The Labute approximate surface area is 525 Å². The lowest BCUT2D eigenvalue weighted by molar-refractivity contribution is 0.722. The number of hydrogen-bond donors (Lipinski definition) is 0. The minimum absolute atomic E-state index is 0.196. The summed E-state index contributed by atoms with van der Waals surface area (Å²) in [5, 5.41) is 0. The molecule has 0 bridgehead atoms. The fraction of sp³-hybridized carbons (Fsp3) is 0.294. The third-order valence-corrected chi connectivity index (χ3v) is 15.2. The van der Waals surface area contributed by atoms with Gasteiger partial charge in [-0.3, -0.25) is 0 Å². The standard InChI is InChI=1S/C39H29N.C26H18.10C2H6/c1-40(38-22-12-8-16-31(38)27-13-3-2-4-14-27)30-24-23-29-25-28-15-5-9-19-34(28)39(37(29)26-30)35-20-10-6-17-32(35)33-18-7-11-21-36(33)39;1-5-13-22-18(9-1)17-19-10-2-6-14-23(19)26(22)24-15-7-3-11-20(24)21-12-4-8-16-25(21)26;10*1-2/h2-24,26H,25H2,1H3;1-16H,17H2;10*1-2H3. The molecule has 1 nitrogen and oxygen atoms in total. The summed E-state index contributed by atoms with van der Waals surface area (Å²) in [6, 6.07) is 89.6. The Bertz CT molecular complexity index is 3380. The smallest absolute Gasteiger partial charge is 0.0719 e. The van der Waals surface area contributed by atoms with E-state index in [1.54, 1.807) is 0 Å². The highest BCUT2D eigenvalue weighted by Crippen LogP contribution is 2.61. The zero-order valence-corrected chi connectivity index (χ0v) is 57.0. The number of nitrogens with zero attached hydrogens (tertiary/aromatic N) is 1. The van der Waals surface area contributed by atoms with Crippen molar-refractivity contribution in [1.29, 1.82) is 0 Å². The second-order valence-corrected chi connectivity index (χ2v) is 18.3. The van der Waals surface area contributed by atoms with Gasteiger partial charge >= 0.3 is 0 Å². The Balaban J connectivity index is 0.000000365. The second-order valence-electron chi connectivity index (χ2n) is 18.3. The molecule has 10 aromatic rings. The van der Waals surface area contributed by atoms with E-state index in [1.165, 1.54) is 112 Å². The lowest BCUT2D eigenvalue weighted by atomic mass is 9.61. The van der Waals surface area contributed by atoms with Gasteiger partial charge in [0.2, 0.25) is 0 Å². The molecule has 0 N–H and O–H groups in total. The summed E-state index contributed by atoms with van der Waals surface area (Å²) in [5.74, 6) is 0. The summed E-state index contributed by atoms with van der Waals surface area (Å²) in [7, 11) is 2.20. The molecule has 0 saturated carbocycles. The van der Waals surface area contributed by atoms with E-state index in [4.69, 9.17) is 0 Å². The van der Waals surface area contributed by atoms with Crippen LogP contribution in [0.3, 0.4) is 0 Å². The lowest BCUT2D eigenvalue weighted by Gasteiger charge is -2.41. The van der Waals surface area contributed by atoms with Gasteiger partial charge in [-0.25, -0.2) is 0 Å². The zero-order chi connectivity index (χ0) is 63.8. The Hall–Kier alpha value is -8.00. The number of fused-ring (bicyclic) bond motifs is 18. The van der Waals surface area contributed by atoms with Gasteiger partial charge in [0.05, 0.1) is 10.8 Å². The van der Waals surface area contributed by atoms with Crippen LogP contribution in [0.25, 0.3) is 33.4 Å². The van der Waals surface area contributed by atoms with Crippen LogP contribution >= 0.6 is 0 Å². The molecule has 4 aliphatic carbocycles. The molecule has 4 aliphatic rings. The molecule has 14 rings (SSSR count). The van der Waals surface area contributed by atoms with Gasteiger partial charge in [-0.15, -0.1) is 0 Å². The van der Waals surface area contributed by atoms with Crippen LogP contribution in [0.4, 0.5) is 11.4 Å². The van der Waals surface area contributed by atoms with E-state index in [2.05, 4.69) is 255 Å². The van der Waals surface area contributed by atoms with Gasteiger partial charge in [0.15, 0.2) is 0 Å². The highest BCUT2D eigenvalue weighted by Gasteiger charge is 2.51. The molecule has 86 heavy (non-hydrogen) atoms. The first-order chi connectivity index (χ1) is 42.7. The molecule has 2 spiro atoms. The van der Waals surface area contributed by atoms with E-state index >= 15 is 0 Å². The number of anilines is 2. The molecule has 0 aliphatic heterocycles. The van der Waals surface area contributed by atoms with E-state index in [-0.39, 0.29) is 10.8 Å². The van der Waals surface area contributed by atoms with Crippen LogP contribution in [-0.4, -0.2) is 7.05 Å². The van der Waals surface area contributed by atoms with Crippen LogP contribution in [0.5, 0.6) is 0 Å². The van der Waals surface area contributed by atoms with E-state index in [0.717, 1.165) is 12.8 Å². The quantitative estimate of drug-likeness (QED) is 0.170. The highest BCUT2D eigenvalue weighted by atomic mass is 15.1. The van der Waals surface area contributed by atoms with Gasteiger partial charge in [0.1, 0.15) is 0 Å². The lowest BCUT2D eigenvalue weighted by Crippen LogP contribution is -2.34. The van der Waals surface area contributed by atoms with Crippen LogP contribution in [-0.2, 0) is 23.7 Å². The molecule has 452 valence electrons. The normalized spacial score (nSPS) is 11.6. The number of rotatable bonds is 3. The first-order valence-electron chi connectivity index (χ1n) is 33.3. The van der Waals surface area contributed by atoms with Crippen molar-refractivity contribution in [3.8, 4) is 33.4 Å². The maximum Gasteiger partial charge on any atom is 0.0719 e. The minimum atomic E-state index is -0.340. The van der Waals surface area contributed by atoms with Gasteiger partial charge in [0.25, 0.3) is 0 Å². The van der Waals surface area contributed by atoms with Gasteiger partial charge in [-0.1, -0.05) is 363 Å². The molecule has 10 aromatic carbocycles. The Kier molecular flexibility index (Phi) is 31.5. The summed E-state index contributed by atoms with van der Waals surface area (Å²) < 4.78 is 0. The summed E-state index contributed by atoms with van der Waals surface area (Å²) >= 11 is 0. The fourth-order valence-electron chi connectivity index (χ4n) is 12.5. The summed E-state index contributed by atoms with van der Waals surface area (Å²) in [4.78, 5) is 2.35. The molecule has 0 aromatic heterocycles. The Morgan fingerprint density at radius 3 is 0.837 bits per heavy atom. The van der Waals surface area contributed by atoms with E-state index in [0.29, 0.717) is 0 Å². The number of hydrogen-bond acceptors (Lipinski definition) is 1. The summed E-state index contributed by atoms with van der Waals surface area (Å²) in [6.07, 6.45) is 1.96. The highest BCUT2D eigenvalue weighted by molar-refractivity contribution is 5.90. The van der Waals surface area contributed by atoms with E-state index in [9.17, 15) is 0 Å². The molecule has 1 heteroatoms. The van der Waals surface area contributed by atoms with Crippen molar-refractivity contribution in [2.45, 2.75) is 162 Å². The number of benzene rings is 10. The predicted molar refractivity (Wildman–Crippen MR) is 387 cm³/mol. The van der Waals surface area contributed by atoms with Crippen LogP contribution in [0.15, 0.2) is 243 Å². The molecule has 0 unspecified atom stereocenters. The summed E-state index contributed by atoms with van der Waals surface area (Å²) in [5.41, 5.74) is 26.7. The van der Waals surface area contributed by atoms with E-state index < -0.39 is 0 Å². The average Bonchev–Trinajstić information content (AvgIpc) is 1.51. The van der Waals surface area contributed by atoms with Gasteiger partial charge < -0.3 is 4.90 Å². The van der Waals surface area contributed by atoms with Crippen molar-refractivity contribution in [2.75, 3.05) is 11.9 Å². The topological polar surface area (TPSA) is 3.24 Å². The first-order valence-corrected chi connectivity index (χ1v) is 33.3. The van der Waals surface area contributed by atoms with Crippen LogP contribution in [0.1, 0.15) is 205 Å². The molecule has 0 heterocycles. The third kappa shape index (κ3) is 13.6. The largest absolute Gasteiger partial charge is 0.344 e. The van der Waals surface area contributed by atoms with Gasteiger partial charge in [0, 0.05) is 24.0 Å². The Morgan fingerprint density at radius 1 is 0.233 bits per heavy atom. The van der Waals surface area contributed by atoms with Crippen LogP contribution < -0.4 is 4.90 Å². The van der Waals surface area contributed by atoms with E-state index in [1.807, 2.05) is 138 Å². The molecule has 0 radical (unpaired) electrons. The van der Waals surface area contributed by atoms with Crippen molar-refractivity contribution in [1.82, 2.24) is 0 Å². The van der Waals surface area contributed by atoms with Crippen molar-refractivity contribution < 1.29 is 0 Å². The van der Waals surface area contributed by atoms with Crippen LogP contribution in [0, 0.1) is 0 Å². The molecule has 0 amide bonds. The van der Waals surface area contributed by atoms with Crippen LogP contribution in [0.2, 0.25) is 0 Å². The minimum Gasteiger partial charge on any atom is -0.344 e. The average molecular weight is 1140 g/mol. The van der Waals surface area contributed by atoms with Gasteiger partial charge in [-0.05, 0) is 126 Å². The van der Waals surface area contributed by atoms with Gasteiger partial charge in [-0.2, -0.15) is 0 Å². The maximum atomic E-state index is 2.46. The predicted octanol–water partition coefficient (Wildman–Crippen LogP) is 25.6. The monoisotopic (exact) mass is 1140 g/mol. The molecular weight excluding hydrogens is 1030 g/mol. The van der Waals surface area contributed by atoms with Crippen molar-refractivity contribution in [2.24, 2.45) is 0 Å². The zero-order valence-electron chi connectivity index (χ0n) is 57.0. The fourth-order valence-corrected chi connectivity index (χ4v) is 12.5. The van der Waals surface area contributed by atoms with Crippen molar-refractivity contribution >= 4 is 11.4 Å². The van der Waals surface area contributed by atoms with Crippen molar-refractivity contribution in [3.05, 3.63) is 309 Å². The van der Waals surface area contributed by atoms with Crippen molar-refractivity contribution in [3.63, 3.8) is 0 Å². The molecule has 0 atom stereocenters. The molecular formula is C85H107N. The third-order valence-electron chi connectivity index (χ3n) is 15.2. The second kappa shape index (κ2) is 37.4. The summed E-state index contributed by atoms with van der Waals surface area (Å²) in [6.45, 7) is 40.0. The first kappa shape index (κ1) is 72.3.